The van der Waals surface area contributed by atoms with E-state index in [0.717, 1.165) is 10.6 Å². The minimum Gasteiger partial charge on any atom is -0.382 e. The number of aromatic nitrogens is 2. The van der Waals surface area contributed by atoms with Crippen LogP contribution in [0.2, 0.25) is 0 Å². The van der Waals surface area contributed by atoms with Crippen LogP contribution in [0.5, 0.6) is 0 Å². The maximum absolute atomic E-state index is 11.3. The van der Waals surface area contributed by atoms with Gasteiger partial charge in [-0.15, -0.1) is 11.8 Å². The van der Waals surface area contributed by atoms with E-state index in [4.69, 9.17) is 5.73 Å². The number of benzene rings is 1. The molecule has 2 aromatic rings. The molecule has 0 saturated carbocycles. The van der Waals surface area contributed by atoms with E-state index in [1.807, 2.05) is 0 Å². The van der Waals surface area contributed by atoms with Crippen molar-refractivity contribution in [2.45, 2.75) is 15.5 Å². The standard InChI is InChI=1S/C12H13N3O2S2/c1-19(16,17)11-4-2-10(3-5-11)18-8-9-6-15-12(13)7-14-9/h2-7H,8H2,1H3,(H2,13,15). The predicted molar refractivity (Wildman–Crippen MR) is 75.6 cm³/mol. The monoisotopic (exact) mass is 295 g/mol. The molecule has 0 unspecified atom stereocenters. The van der Waals surface area contributed by atoms with Crippen LogP contribution in [0.25, 0.3) is 0 Å². The highest BCUT2D eigenvalue weighted by molar-refractivity contribution is 7.98. The Morgan fingerprint density at radius 2 is 1.84 bits per heavy atom. The number of hydrogen-bond acceptors (Lipinski definition) is 6. The minimum absolute atomic E-state index is 0.323. The van der Waals surface area contributed by atoms with Gasteiger partial charge in [0.2, 0.25) is 0 Å². The summed E-state index contributed by atoms with van der Waals surface area (Å²) in [5.41, 5.74) is 6.28. The Labute approximate surface area is 116 Å². The number of thioether (sulfide) groups is 1. The van der Waals surface area contributed by atoms with E-state index in [2.05, 4.69) is 9.97 Å². The molecule has 100 valence electrons. The number of hydrogen-bond donors (Lipinski definition) is 1. The third-order valence-corrected chi connectivity index (χ3v) is 4.54. The van der Waals surface area contributed by atoms with Crippen LogP contribution in [-0.2, 0) is 15.6 Å². The summed E-state index contributed by atoms with van der Waals surface area (Å²) in [5, 5.41) is 0. The third-order valence-electron chi connectivity index (χ3n) is 2.36. The summed E-state index contributed by atoms with van der Waals surface area (Å²) < 4.78 is 22.6. The second kappa shape index (κ2) is 5.58. The summed E-state index contributed by atoms with van der Waals surface area (Å²) in [6.07, 6.45) is 4.34. The molecule has 0 bridgehead atoms. The van der Waals surface area contributed by atoms with E-state index in [1.54, 1.807) is 42.2 Å². The summed E-state index contributed by atoms with van der Waals surface area (Å²) >= 11 is 1.56. The lowest BCUT2D eigenvalue weighted by Gasteiger charge is -2.03. The Morgan fingerprint density at radius 3 is 2.37 bits per heavy atom. The summed E-state index contributed by atoms with van der Waals surface area (Å²) in [4.78, 5) is 9.41. The van der Waals surface area contributed by atoms with E-state index in [9.17, 15) is 8.42 Å². The van der Waals surface area contributed by atoms with Crippen LogP contribution >= 0.6 is 11.8 Å². The maximum Gasteiger partial charge on any atom is 0.175 e. The molecule has 0 aliphatic carbocycles. The van der Waals surface area contributed by atoms with E-state index >= 15 is 0 Å². The third kappa shape index (κ3) is 3.93. The smallest absolute Gasteiger partial charge is 0.175 e. The molecular formula is C12H13N3O2S2. The Bertz CT molecular complexity index is 652. The Morgan fingerprint density at radius 1 is 1.16 bits per heavy atom. The van der Waals surface area contributed by atoms with Gasteiger partial charge in [-0.05, 0) is 24.3 Å². The van der Waals surface area contributed by atoms with Crippen molar-refractivity contribution in [2.24, 2.45) is 0 Å². The van der Waals surface area contributed by atoms with Crippen molar-refractivity contribution in [1.29, 1.82) is 0 Å². The Balaban J connectivity index is 2.02. The molecule has 0 amide bonds. The van der Waals surface area contributed by atoms with E-state index in [-0.39, 0.29) is 0 Å². The first-order valence-corrected chi connectivity index (χ1v) is 8.32. The van der Waals surface area contributed by atoms with Gasteiger partial charge in [-0.3, -0.25) is 4.98 Å². The molecule has 1 heterocycles. The van der Waals surface area contributed by atoms with Crippen molar-refractivity contribution in [3.8, 4) is 0 Å². The molecule has 2 N–H and O–H groups in total. The highest BCUT2D eigenvalue weighted by atomic mass is 32.2. The van der Waals surface area contributed by atoms with Crippen LogP contribution in [0, 0.1) is 0 Å². The van der Waals surface area contributed by atoms with E-state index < -0.39 is 9.84 Å². The van der Waals surface area contributed by atoms with Gasteiger partial charge in [0, 0.05) is 16.9 Å². The van der Waals surface area contributed by atoms with Crippen molar-refractivity contribution in [2.75, 3.05) is 12.0 Å². The fraction of sp³-hybridized carbons (Fsp3) is 0.167. The van der Waals surface area contributed by atoms with Crippen LogP contribution in [0.15, 0.2) is 46.5 Å². The molecule has 0 aliphatic rings. The number of nitrogens with zero attached hydrogens (tertiary/aromatic N) is 2. The Kier molecular flexibility index (Phi) is 4.06. The summed E-state index contributed by atoms with van der Waals surface area (Å²) in [7, 11) is -3.14. The topological polar surface area (TPSA) is 85.9 Å². The van der Waals surface area contributed by atoms with Gasteiger partial charge in [-0.25, -0.2) is 13.4 Å². The lowest BCUT2D eigenvalue weighted by atomic mass is 10.4. The van der Waals surface area contributed by atoms with Gasteiger partial charge in [0.25, 0.3) is 0 Å². The number of nitrogens with two attached hydrogens (primary N) is 1. The first kappa shape index (κ1) is 13.8. The zero-order chi connectivity index (χ0) is 13.9. The predicted octanol–water partition coefficient (Wildman–Crippen LogP) is 1.75. The highest BCUT2D eigenvalue weighted by Gasteiger charge is 2.06. The molecule has 5 nitrogen and oxygen atoms in total. The van der Waals surface area contributed by atoms with Gasteiger partial charge in [-0.2, -0.15) is 0 Å². The molecule has 2 rings (SSSR count). The molecular weight excluding hydrogens is 282 g/mol. The molecule has 0 atom stereocenters. The van der Waals surface area contributed by atoms with E-state index in [0.29, 0.717) is 16.5 Å². The first-order chi connectivity index (χ1) is 8.95. The SMILES string of the molecule is CS(=O)(=O)c1ccc(SCc2cnc(N)cn2)cc1. The lowest BCUT2D eigenvalue weighted by molar-refractivity contribution is 0.602. The van der Waals surface area contributed by atoms with Crippen LogP contribution in [0.3, 0.4) is 0 Å². The van der Waals surface area contributed by atoms with Crippen LogP contribution < -0.4 is 5.73 Å². The number of nitrogen functional groups attached to an aromatic ring is 1. The highest BCUT2D eigenvalue weighted by Crippen LogP contribution is 2.23. The lowest BCUT2D eigenvalue weighted by Crippen LogP contribution is -1.96. The van der Waals surface area contributed by atoms with Crippen molar-refractivity contribution in [3.63, 3.8) is 0 Å². The van der Waals surface area contributed by atoms with Gasteiger partial charge in [0.05, 0.1) is 23.0 Å². The van der Waals surface area contributed by atoms with Gasteiger partial charge in [0.1, 0.15) is 5.82 Å². The van der Waals surface area contributed by atoms with Crippen molar-refractivity contribution in [3.05, 3.63) is 42.4 Å². The maximum atomic E-state index is 11.3. The molecule has 0 radical (unpaired) electrons. The first-order valence-electron chi connectivity index (χ1n) is 5.44. The van der Waals surface area contributed by atoms with Crippen LogP contribution in [0.4, 0.5) is 5.82 Å². The van der Waals surface area contributed by atoms with Gasteiger partial charge < -0.3 is 5.73 Å². The van der Waals surface area contributed by atoms with Gasteiger partial charge >= 0.3 is 0 Å². The van der Waals surface area contributed by atoms with Crippen LogP contribution in [0.1, 0.15) is 5.69 Å². The fourth-order valence-electron chi connectivity index (χ4n) is 1.38. The Hall–Kier alpha value is -1.60. The molecule has 1 aromatic carbocycles. The molecule has 0 spiro atoms. The normalized spacial score (nSPS) is 11.4. The molecule has 0 fully saturated rings. The molecule has 0 saturated heterocycles. The van der Waals surface area contributed by atoms with E-state index in [1.165, 1.54) is 12.5 Å². The molecule has 0 aliphatic heterocycles. The van der Waals surface area contributed by atoms with Crippen molar-refractivity contribution in [1.82, 2.24) is 9.97 Å². The molecule has 1 aromatic heterocycles. The number of rotatable bonds is 4. The largest absolute Gasteiger partial charge is 0.382 e. The summed E-state index contributed by atoms with van der Waals surface area (Å²) in [6.45, 7) is 0. The summed E-state index contributed by atoms with van der Waals surface area (Å²) in [6, 6.07) is 6.77. The zero-order valence-electron chi connectivity index (χ0n) is 10.3. The molecule has 19 heavy (non-hydrogen) atoms. The average Bonchev–Trinajstić information content (AvgIpc) is 2.37. The van der Waals surface area contributed by atoms with Crippen molar-refractivity contribution >= 4 is 27.4 Å². The quantitative estimate of drug-likeness (QED) is 0.865. The number of anilines is 1. The summed E-state index contributed by atoms with van der Waals surface area (Å²) in [5.74, 6) is 1.05. The van der Waals surface area contributed by atoms with Crippen molar-refractivity contribution < 1.29 is 8.42 Å². The zero-order valence-corrected chi connectivity index (χ0v) is 11.9. The molecule has 7 heteroatoms. The van der Waals surface area contributed by atoms with Gasteiger partial charge in [0.15, 0.2) is 9.84 Å². The second-order valence-electron chi connectivity index (χ2n) is 3.96. The van der Waals surface area contributed by atoms with Gasteiger partial charge in [-0.1, -0.05) is 0 Å². The average molecular weight is 295 g/mol. The minimum atomic E-state index is -3.14. The van der Waals surface area contributed by atoms with Crippen LogP contribution in [-0.4, -0.2) is 24.6 Å². The fourth-order valence-corrected chi connectivity index (χ4v) is 2.80. The number of sulfone groups is 1. The second-order valence-corrected chi connectivity index (χ2v) is 7.03.